The molecule has 0 saturated heterocycles. The number of para-hydroxylation sites is 1. The topological polar surface area (TPSA) is 95.6 Å². The summed E-state index contributed by atoms with van der Waals surface area (Å²) < 4.78 is 1.52. The van der Waals surface area contributed by atoms with Crippen molar-refractivity contribution in [3.63, 3.8) is 0 Å². The van der Waals surface area contributed by atoms with Crippen LogP contribution in [-0.4, -0.2) is 25.5 Å². The lowest BCUT2D eigenvalue weighted by molar-refractivity contribution is -0.118. The van der Waals surface area contributed by atoms with Crippen molar-refractivity contribution < 1.29 is 4.79 Å². The predicted octanol–water partition coefficient (Wildman–Crippen LogP) is 3.09. The Bertz CT molecular complexity index is 1150. The van der Waals surface area contributed by atoms with E-state index in [-0.39, 0.29) is 16.8 Å². The molecule has 7 heteroatoms. The van der Waals surface area contributed by atoms with Gasteiger partial charge in [0.15, 0.2) is 5.78 Å². The maximum atomic E-state index is 13.3. The van der Waals surface area contributed by atoms with Crippen LogP contribution in [0.1, 0.15) is 44.0 Å². The molecule has 0 spiro atoms. The van der Waals surface area contributed by atoms with Gasteiger partial charge in [0.1, 0.15) is 11.6 Å². The highest BCUT2D eigenvalue weighted by Gasteiger charge is 2.43. The van der Waals surface area contributed by atoms with E-state index in [1.54, 1.807) is 12.4 Å². The SMILES string of the molecule is CC1(C)CC(=O)C2=C(C1)Nc1[nH]n(-c3ccccc3)c(=O)c1C2c1ncc[nH]1. The second-order valence-corrected chi connectivity index (χ2v) is 8.24. The van der Waals surface area contributed by atoms with Crippen molar-refractivity contribution in [1.29, 1.82) is 0 Å². The van der Waals surface area contributed by atoms with Crippen LogP contribution in [0, 0.1) is 5.41 Å². The molecule has 1 aromatic carbocycles. The Balaban J connectivity index is 1.74. The molecule has 3 heterocycles. The number of fused-ring (bicyclic) bond motifs is 1. The van der Waals surface area contributed by atoms with Gasteiger partial charge in [-0.2, -0.15) is 0 Å². The van der Waals surface area contributed by atoms with E-state index in [9.17, 15) is 9.59 Å². The standard InChI is InChI=1S/C21H21N5O2/c1-21(2)10-13-15(14(27)11-21)16(18-22-8-9-23-18)17-19(24-13)25-26(20(17)28)12-6-4-3-5-7-12/h3-9,16,24-25H,10-11H2,1-2H3,(H,22,23). The number of benzene rings is 1. The van der Waals surface area contributed by atoms with Crippen molar-refractivity contribution in [3.8, 4) is 5.69 Å². The number of rotatable bonds is 2. The molecule has 1 atom stereocenters. The predicted molar refractivity (Wildman–Crippen MR) is 105 cm³/mol. The zero-order valence-corrected chi connectivity index (χ0v) is 15.7. The Labute approximate surface area is 161 Å². The molecule has 28 heavy (non-hydrogen) atoms. The minimum atomic E-state index is -0.501. The average molecular weight is 375 g/mol. The molecule has 142 valence electrons. The van der Waals surface area contributed by atoms with Gasteiger partial charge in [-0.15, -0.1) is 0 Å². The largest absolute Gasteiger partial charge is 0.348 e. The third kappa shape index (κ3) is 2.46. The fourth-order valence-corrected chi connectivity index (χ4v) is 4.36. The van der Waals surface area contributed by atoms with Gasteiger partial charge in [-0.3, -0.25) is 14.7 Å². The Hall–Kier alpha value is -3.35. The summed E-state index contributed by atoms with van der Waals surface area (Å²) in [4.78, 5) is 33.9. The van der Waals surface area contributed by atoms with Crippen LogP contribution in [0.25, 0.3) is 5.69 Å². The van der Waals surface area contributed by atoms with Crippen LogP contribution in [0.15, 0.2) is 58.8 Å². The van der Waals surface area contributed by atoms with Crippen LogP contribution in [0.5, 0.6) is 0 Å². The molecule has 3 N–H and O–H groups in total. The third-order valence-corrected chi connectivity index (χ3v) is 5.51. The summed E-state index contributed by atoms with van der Waals surface area (Å²) >= 11 is 0. The summed E-state index contributed by atoms with van der Waals surface area (Å²) in [6.45, 7) is 4.18. The van der Waals surface area contributed by atoms with E-state index in [4.69, 9.17) is 0 Å². The quantitative estimate of drug-likeness (QED) is 0.641. The number of aromatic amines is 2. The lowest BCUT2D eigenvalue weighted by Crippen LogP contribution is -2.35. The molecule has 1 aliphatic heterocycles. The third-order valence-electron chi connectivity index (χ3n) is 5.51. The zero-order chi connectivity index (χ0) is 19.5. The lowest BCUT2D eigenvalue weighted by Gasteiger charge is -2.37. The summed E-state index contributed by atoms with van der Waals surface area (Å²) in [6, 6.07) is 9.41. The van der Waals surface area contributed by atoms with E-state index in [1.807, 2.05) is 30.3 Å². The summed E-state index contributed by atoms with van der Waals surface area (Å²) in [7, 11) is 0. The normalized spacial score (nSPS) is 20.5. The molecule has 2 aliphatic rings. The van der Waals surface area contributed by atoms with Crippen molar-refractivity contribution in [2.45, 2.75) is 32.6 Å². The number of allylic oxidation sites excluding steroid dienone is 2. The monoisotopic (exact) mass is 375 g/mol. The molecule has 0 saturated carbocycles. The summed E-state index contributed by atoms with van der Waals surface area (Å²) in [6.07, 6.45) is 4.56. The molecule has 0 amide bonds. The molecule has 0 bridgehead atoms. The number of aromatic nitrogens is 4. The highest BCUT2D eigenvalue weighted by molar-refractivity contribution is 6.01. The van der Waals surface area contributed by atoms with Crippen LogP contribution in [0.3, 0.4) is 0 Å². The van der Waals surface area contributed by atoms with E-state index in [0.717, 1.165) is 17.8 Å². The smallest absolute Gasteiger partial charge is 0.277 e. The van der Waals surface area contributed by atoms with E-state index in [0.29, 0.717) is 29.2 Å². The number of Topliss-reactive ketones (excluding diaryl/α,β-unsaturated/α-hetero) is 1. The molecular formula is C21H21N5O2. The number of imidazole rings is 1. The second kappa shape index (κ2) is 5.82. The maximum Gasteiger partial charge on any atom is 0.277 e. The highest BCUT2D eigenvalue weighted by atomic mass is 16.1. The number of carbonyl (C=O) groups excluding carboxylic acids is 1. The first kappa shape index (κ1) is 16.8. The number of nitrogens with zero attached hydrogens (tertiary/aromatic N) is 2. The van der Waals surface area contributed by atoms with Crippen LogP contribution in [0.2, 0.25) is 0 Å². The first-order valence-corrected chi connectivity index (χ1v) is 9.37. The molecule has 0 radical (unpaired) electrons. The van der Waals surface area contributed by atoms with Crippen LogP contribution in [0.4, 0.5) is 5.82 Å². The number of hydrogen-bond donors (Lipinski definition) is 3. The minimum Gasteiger partial charge on any atom is -0.348 e. The molecular weight excluding hydrogens is 354 g/mol. The van der Waals surface area contributed by atoms with Crippen molar-refractivity contribution >= 4 is 11.6 Å². The fourth-order valence-electron chi connectivity index (χ4n) is 4.36. The Morgan fingerprint density at radius 2 is 1.93 bits per heavy atom. The average Bonchev–Trinajstić information content (AvgIpc) is 3.28. The number of ketones is 1. The van der Waals surface area contributed by atoms with Gasteiger partial charge < -0.3 is 10.3 Å². The van der Waals surface area contributed by atoms with Gasteiger partial charge >= 0.3 is 0 Å². The first-order chi connectivity index (χ1) is 13.4. The van der Waals surface area contributed by atoms with Crippen LogP contribution in [-0.2, 0) is 4.79 Å². The Kier molecular flexibility index (Phi) is 3.49. The number of nitrogens with one attached hydrogen (secondary N) is 3. The number of H-pyrrole nitrogens is 2. The van der Waals surface area contributed by atoms with Gasteiger partial charge in [-0.05, 0) is 24.0 Å². The van der Waals surface area contributed by atoms with E-state index in [2.05, 4.69) is 34.2 Å². The van der Waals surface area contributed by atoms with Crippen LogP contribution < -0.4 is 10.9 Å². The van der Waals surface area contributed by atoms with Gasteiger partial charge in [-0.1, -0.05) is 32.0 Å². The van der Waals surface area contributed by atoms with Crippen molar-refractivity contribution in [2.24, 2.45) is 5.41 Å². The maximum absolute atomic E-state index is 13.3. The van der Waals surface area contributed by atoms with Crippen LogP contribution >= 0.6 is 0 Å². The fraction of sp³-hybridized carbons (Fsp3) is 0.286. The van der Waals surface area contributed by atoms with E-state index < -0.39 is 5.92 Å². The molecule has 1 aliphatic carbocycles. The second-order valence-electron chi connectivity index (χ2n) is 8.24. The molecule has 7 nitrogen and oxygen atoms in total. The van der Waals surface area contributed by atoms with E-state index >= 15 is 0 Å². The van der Waals surface area contributed by atoms with Gasteiger partial charge in [-0.25, -0.2) is 9.67 Å². The minimum absolute atomic E-state index is 0.0673. The number of carbonyl (C=O) groups is 1. The van der Waals surface area contributed by atoms with E-state index in [1.165, 1.54) is 4.68 Å². The molecule has 0 fully saturated rings. The van der Waals surface area contributed by atoms with Gasteiger partial charge in [0.05, 0.1) is 17.2 Å². The molecule has 5 rings (SSSR count). The summed E-state index contributed by atoms with van der Waals surface area (Å²) in [5.41, 5.74) is 2.47. The number of hydrogen-bond acceptors (Lipinski definition) is 4. The zero-order valence-electron chi connectivity index (χ0n) is 15.7. The van der Waals surface area contributed by atoms with Crippen molar-refractivity contribution in [1.82, 2.24) is 19.7 Å². The number of anilines is 1. The highest BCUT2D eigenvalue weighted by Crippen LogP contribution is 2.47. The van der Waals surface area contributed by atoms with Crippen molar-refractivity contribution in [2.75, 3.05) is 5.32 Å². The molecule has 2 aromatic heterocycles. The first-order valence-electron chi connectivity index (χ1n) is 9.37. The lowest BCUT2D eigenvalue weighted by atomic mass is 9.70. The van der Waals surface area contributed by atoms with Crippen molar-refractivity contribution in [3.05, 3.63) is 75.7 Å². The van der Waals surface area contributed by atoms with Gasteiger partial charge in [0.25, 0.3) is 5.56 Å². The summed E-state index contributed by atoms with van der Waals surface area (Å²) in [5, 5.41) is 6.54. The molecule has 3 aromatic rings. The Morgan fingerprint density at radius 3 is 2.64 bits per heavy atom. The molecule has 1 unspecified atom stereocenters. The Morgan fingerprint density at radius 1 is 1.14 bits per heavy atom. The summed E-state index contributed by atoms with van der Waals surface area (Å²) in [5.74, 6) is 0.801. The van der Waals surface area contributed by atoms with Gasteiger partial charge in [0, 0.05) is 30.1 Å². The van der Waals surface area contributed by atoms with Gasteiger partial charge in [0.2, 0.25) is 0 Å².